The number of piperazine rings is 1. The first-order valence-corrected chi connectivity index (χ1v) is 9.50. The van der Waals surface area contributed by atoms with Crippen LogP contribution >= 0.6 is 11.6 Å². The fourth-order valence-electron chi connectivity index (χ4n) is 3.93. The summed E-state index contributed by atoms with van der Waals surface area (Å²) in [5.41, 5.74) is -0.0197. The second kappa shape index (κ2) is 6.95. The average molecular weight is 393 g/mol. The number of anilines is 1. The number of carbonyl (C=O) groups is 3. The predicted molar refractivity (Wildman–Crippen MR) is 97.2 cm³/mol. The van der Waals surface area contributed by atoms with Crippen molar-refractivity contribution in [2.24, 2.45) is 5.92 Å². The summed E-state index contributed by atoms with van der Waals surface area (Å²) in [4.78, 5) is 40.4. The molecule has 0 bridgehead atoms. The average Bonchev–Trinajstić information content (AvgIpc) is 3.46. The number of rotatable bonds is 5. The maximum atomic E-state index is 12.6. The Morgan fingerprint density at radius 3 is 2.59 bits per heavy atom. The number of carbonyl (C=O) groups excluding carboxylic acids is 3. The van der Waals surface area contributed by atoms with E-state index in [1.54, 1.807) is 12.3 Å². The number of hydrogen-bond acceptors (Lipinski definition) is 6. The van der Waals surface area contributed by atoms with Crippen molar-refractivity contribution >= 4 is 35.1 Å². The Bertz CT molecular complexity index is 778. The lowest BCUT2D eigenvalue weighted by atomic mass is 9.87. The van der Waals surface area contributed by atoms with Gasteiger partial charge in [0, 0.05) is 38.7 Å². The summed E-state index contributed by atoms with van der Waals surface area (Å²) < 4.78 is 0. The Labute approximate surface area is 161 Å². The van der Waals surface area contributed by atoms with Crippen LogP contribution in [0.2, 0.25) is 5.15 Å². The normalized spacial score (nSPS) is 25.4. The minimum absolute atomic E-state index is 0.00881. The maximum Gasteiger partial charge on any atom is 0.322 e. The highest BCUT2D eigenvalue weighted by molar-refractivity contribution is 6.29. The van der Waals surface area contributed by atoms with Gasteiger partial charge in [-0.05, 0) is 25.2 Å². The van der Waals surface area contributed by atoms with Crippen LogP contribution in [0.15, 0.2) is 12.3 Å². The third kappa shape index (κ3) is 3.55. The molecule has 0 aromatic carbocycles. The molecule has 9 nitrogen and oxygen atoms in total. The van der Waals surface area contributed by atoms with Crippen LogP contribution in [-0.4, -0.2) is 64.7 Å². The Hall–Kier alpha value is -2.42. The Morgan fingerprint density at radius 1 is 1.26 bits per heavy atom. The molecule has 1 atom stereocenters. The molecule has 1 aliphatic carbocycles. The van der Waals surface area contributed by atoms with E-state index in [0.717, 1.165) is 18.5 Å². The lowest BCUT2D eigenvalue weighted by Gasteiger charge is -2.36. The van der Waals surface area contributed by atoms with Gasteiger partial charge in [-0.3, -0.25) is 14.9 Å². The number of halogens is 1. The number of nitrogens with one attached hydrogen (secondary N) is 2. The van der Waals surface area contributed by atoms with Crippen LogP contribution < -0.4 is 15.5 Å². The Kier molecular flexibility index (Phi) is 4.63. The van der Waals surface area contributed by atoms with Crippen LogP contribution in [0, 0.1) is 5.92 Å². The molecule has 1 saturated carbocycles. The van der Waals surface area contributed by atoms with E-state index >= 15 is 0 Å². The molecule has 0 radical (unpaired) electrons. The number of imide groups is 1. The molecule has 0 spiro atoms. The summed E-state index contributed by atoms with van der Waals surface area (Å²) >= 11 is 5.89. The molecule has 2 aliphatic heterocycles. The summed E-state index contributed by atoms with van der Waals surface area (Å²) in [6, 6.07) is 1.30. The molecule has 1 aromatic heterocycles. The number of hydrogen-bond donors (Lipinski definition) is 2. The first-order chi connectivity index (χ1) is 13.0. The van der Waals surface area contributed by atoms with Crippen molar-refractivity contribution < 1.29 is 14.4 Å². The highest BCUT2D eigenvalue weighted by atomic mass is 35.5. The van der Waals surface area contributed by atoms with Gasteiger partial charge >= 0.3 is 6.03 Å². The summed E-state index contributed by atoms with van der Waals surface area (Å²) in [7, 11) is 0. The first kappa shape index (κ1) is 18.0. The molecular weight excluding hydrogens is 372 g/mol. The summed E-state index contributed by atoms with van der Waals surface area (Å²) in [5, 5.41) is 13.0. The Balaban J connectivity index is 1.32. The summed E-state index contributed by atoms with van der Waals surface area (Å²) in [5.74, 6) is -0.151. The molecule has 144 valence electrons. The molecule has 1 aromatic rings. The molecule has 2 saturated heterocycles. The molecule has 4 amide bonds. The SMILES string of the molecule is O=C1NC(=O)C(CCC(=O)N2CCN(c3cnnc(Cl)c3)CC2)(C2CC2)N1. The second-order valence-corrected chi connectivity index (χ2v) is 7.65. The molecule has 3 fully saturated rings. The van der Waals surface area contributed by atoms with Gasteiger partial charge < -0.3 is 15.1 Å². The van der Waals surface area contributed by atoms with Crippen LogP contribution in [0.5, 0.6) is 0 Å². The number of urea groups is 1. The smallest absolute Gasteiger partial charge is 0.322 e. The number of amides is 4. The zero-order valence-corrected chi connectivity index (χ0v) is 15.5. The van der Waals surface area contributed by atoms with E-state index in [1.165, 1.54) is 0 Å². The van der Waals surface area contributed by atoms with E-state index < -0.39 is 11.6 Å². The molecular formula is C17H21ClN6O3. The maximum absolute atomic E-state index is 12.6. The quantitative estimate of drug-likeness (QED) is 0.708. The van der Waals surface area contributed by atoms with Crippen molar-refractivity contribution in [2.75, 3.05) is 31.1 Å². The zero-order valence-electron chi connectivity index (χ0n) is 14.8. The molecule has 10 heteroatoms. The van der Waals surface area contributed by atoms with E-state index in [2.05, 4.69) is 25.7 Å². The van der Waals surface area contributed by atoms with Gasteiger partial charge in [-0.2, -0.15) is 5.10 Å². The van der Waals surface area contributed by atoms with E-state index in [4.69, 9.17) is 11.6 Å². The van der Waals surface area contributed by atoms with E-state index in [1.807, 2.05) is 4.90 Å². The molecule has 3 aliphatic rings. The summed E-state index contributed by atoms with van der Waals surface area (Å²) in [6.07, 6.45) is 4.06. The molecule has 4 rings (SSSR count). The van der Waals surface area contributed by atoms with Gasteiger partial charge in [-0.1, -0.05) is 11.6 Å². The first-order valence-electron chi connectivity index (χ1n) is 9.12. The van der Waals surface area contributed by atoms with E-state index in [9.17, 15) is 14.4 Å². The van der Waals surface area contributed by atoms with E-state index in [-0.39, 0.29) is 24.2 Å². The van der Waals surface area contributed by atoms with Crippen molar-refractivity contribution in [3.63, 3.8) is 0 Å². The fourth-order valence-corrected chi connectivity index (χ4v) is 4.08. The molecule has 27 heavy (non-hydrogen) atoms. The van der Waals surface area contributed by atoms with Crippen LogP contribution in [0.1, 0.15) is 25.7 Å². The minimum Gasteiger partial charge on any atom is -0.367 e. The van der Waals surface area contributed by atoms with Crippen molar-refractivity contribution in [1.82, 2.24) is 25.7 Å². The number of nitrogens with zero attached hydrogens (tertiary/aromatic N) is 4. The lowest BCUT2D eigenvalue weighted by Crippen LogP contribution is -2.51. The van der Waals surface area contributed by atoms with Crippen molar-refractivity contribution in [2.45, 2.75) is 31.2 Å². The van der Waals surface area contributed by atoms with Crippen molar-refractivity contribution in [1.29, 1.82) is 0 Å². The Morgan fingerprint density at radius 2 is 2.00 bits per heavy atom. The standard InChI is InChI=1S/C17H21ClN6O3/c18-13-9-12(10-19-22-13)23-5-7-24(8-6-23)14(25)3-4-17(11-1-2-11)15(26)20-16(27)21-17/h9-11H,1-8H2,(H2,20,21,26,27). The van der Waals surface area contributed by atoms with Crippen molar-refractivity contribution in [3.05, 3.63) is 17.4 Å². The molecule has 2 N–H and O–H groups in total. The van der Waals surface area contributed by atoms with Crippen LogP contribution in [0.3, 0.4) is 0 Å². The van der Waals surface area contributed by atoms with Gasteiger partial charge in [-0.15, -0.1) is 5.10 Å². The third-order valence-corrected chi connectivity index (χ3v) is 5.77. The van der Waals surface area contributed by atoms with Gasteiger partial charge in [0.1, 0.15) is 5.54 Å². The zero-order chi connectivity index (χ0) is 19.0. The lowest BCUT2D eigenvalue weighted by molar-refractivity contribution is -0.132. The fraction of sp³-hybridized carbons (Fsp3) is 0.588. The van der Waals surface area contributed by atoms with Crippen molar-refractivity contribution in [3.8, 4) is 0 Å². The van der Waals surface area contributed by atoms with Gasteiger partial charge in [-0.25, -0.2) is 4.79 Å². The number of aromatic nitrogens is 2. The highest BCUT2D eigenvalue weighted by Crippen LogP contribution is 2.43. The monoisotopic (exact) mass is 392 g/mol. The third-order valence-electron chi connectivity index (χ3n) is 5.58. The topological polar surface area (TPSA) is 108 Å². The minimum atomic E-state index is -0.909. The van der Waals surface area contributed by atoms with E-state index in [0.29, 0.717) is 37.8 Å². The van der Waals surface area contributed by atoms with Crippen LogP contribution in [0.4, 0.5) is 10.5 Å². The van der Waals surface area contributed by atoms with Gasteiger partial charge in [0.2, 0.25) is 5.91 Å². The largest absolute Gasteiger partial charge is 0.367 e. The van der Waals surface area contributed by atoms with Gasteiger partial charge in [0.15, 0.2) is 5.15 Å². The predicted octanol–water partition coefficient (Wildman–Crippen LogP) is 0.547. The molecule has 3 heterocycles. The summed E-state index contributed by atoms with van der Waals surface area (Å²) in [6.45, 7) is 2.54. The second-order valence-electron chi connectivity index (χ2n) is 7.26. The van der Waals surface area contributed by atoms with Gasteiger partial charge in [0.05, 0.1) is 11.9 Å². The highest BCUT2D eigenvalue weighted by Gasteiger charge is 2.55. The molecule has 1 unspecified atom stereocenters. The van der Waals surface area contributed by atoms with Gasteiger partial charge in [0.25, 0.3) is 5.91 Å². The van der Waals surface area contributed by atoms with Crippen LogP contribution in [0.25, 0.3) is 0 Å². The van der Waals surface area contributed by atoms with Crippen LogP contribution in [-0.2, 0) is 9.59 Å².